The second-order valence-electron chi connectivity index (χ2n) is 5.99. The van der Waals surface area contributed by atoms with E-state index in [4.69, 9.17) is 10.5 Å². The number of nitrogens with two attached hydrogens (primary N) is 1. The molecule has 13 heteroatoms. The Kier molecular flexibility index (Phi) is 7.86. The first-order chi connectivity index (χ1) is 14.2. The maximum Gasteiger partial charge on any atom is 0.387 e. The van der Waals surface area contributed by atoms with Crippen molar-refractivity contribution in [1.29, 1.82) is 0 Å². The fourth-order valence-corrected chi connectivity index (χ4v) is 2.58. The first-order valence-electron chi connectivity index (χ1n) is 8.84. The summed E-state index contributed by atoms with van der Waals surface area (Å²) in [7, 11) is 0. The van der Waals surface area contributed by atoms with Gasteiger partial charge in [-0.25, -0.2) is 4.79 Å². The average molecular weight is 429 g/mol. The Hall–Kier alpha value is -3.48. The van der Waals surface area contributed by atoms with E-state index in [0.29, 0.717) is 0 Å². The summed E-state index contributed by atoms with van der Waals surface area (Å²) in [6, 6.07) is 1.17. The van der Waals surface area contributed by atoms with Gasteiger partial charge in [0.1, 0.15) is 6.61 Å². The number of carbonyl (C=O) groups is 4. The van der Waals surface area contributed by atoms with Crippen molar-refractivity contribution in [1.82, 2.24) is 10.6 Å². The van der Waals surface area contributed by atoms with Crippen molar-refractivity contribution in [3.8, 4) is 5.75 Å². The zero-order chi connectivity index (χ0) is 22.3. The van der Waals surface area contributed by atoms with Crippen LogP contribution in [0.4, 0.5) is 25.0 Å². The van der Waals surface area contributed by atoms with E-state index in [9.17, 15) is 28.0 Å². The molecule has 5 amide bonds. The number of anilines is 2. The van der Waals surface area contributed by atoms with Gasteiger partial charge in [-0.2, -0.15) is 8.78 Å². The van der Waals surface area contributed by atoms with E-state index in [2.05, 4.69) is 20.7 Å². The van der Waals surface area contributed by atoms with Gasteiger partial charge in [0.2, 0.25) is 5.91 Å². The average Bonchev–Trinajstić information content (AvgIpc) is 2.67. The number of ether oxygens (including phenoxy) is 2. The Morgan fingerprint density at radius 1 is 1.33 bits per heavy atom. The summed E-state index contributed by atoms with van der Waals surface area (Å²) in [4.78, 5) is 48.8. The van der Waals surface area contributed by atoms with E-state index in [0.717, 1.165) is 6.07 Å². The highest BCUT2D eigenvalue weighted by Crippen LogP contribution is 2.32. The van der Waals surface area contributed by atoms with Crippen molar-refractivity contribution in [3.63, 3.8) is 0 Å². The number of urea groups is 1. The molecule has 1 aromatic rings. The van der Waals surface area contributed by atoms with Gasteiger partial charge in [-0.05, 0) is 19.1 Å². The van der Waals surface area contributed by atoms with E-state index >= 15 is 0 Å². The normalized spacial score (nSPS) is 14.8. The number of amides is 5. The first-order valence-corrected chi connectivity index (χ1v) is 8.84. The molecule has 1 aliphatic heterocycles. The van der Waals surface area contributed by atoms with Gasteiger partial charge in [-0.15, -0.1) is 0 Å². The predicted molar refractivity (Wildman–Crippen MR) is 100 cm³/mol. The highest BCUT2D eigenvalue weighted by Gasteiger charge is 2.28. The molecule has 1 fully saturated rings. The molecule has 11 nitrogen and oxygen atoms in total. The van der Waals surface area contributed by atoms with E-state index in [1.54, 1.807) is 6.92 Å². The van der Waals surface area contributed by atoms with Crippen molar-refractivity contribution in [2.45, 2.75) is 19.6 Å². The summed E-state index contributed by atoms with van der Waals surface area (Å²) in [5.41, 5.74) is 5.18. The summed E-state index contributed by atoms with van der Waals surface area (Å²) in [6.07, 6.45) is 0. The fourth-order valence-electron chi connectivity index (χ4n) is 2.58. The Morgan fingerprint density at radius 2 is 2.07 bits per heavy atom. The van der Waals surface area contributed by atoms with Gasteiger partial charge in [-0.1, -0.05) is 0 Å². The van der Waals surface area contributed by atoms with Crippen LogP contribution in [0.15, 0.2) is 18.2 Å². The second-order valence-corrected chi connectivity index (χ2v) is 5.99. The lowest BCUT2D eigenvalue weighted by Crippen LogP contribution is -2.54. The number of benzene rings is 1. The van der Waals surface area contributed by atoms with Crippen LogP contribution < -0.4 is 31.3 Å². The number of primary amides is 1. The van der Waals surface area contributed by atoms with Crippen LogP contribution in [-0.4, -0.2) is 62.7 Å². The zero-order valence-corrected chi connectivity index (χ0v) is 15.9. The quantitative estimate of drug-likeness (QED) is 0.419. The molecule has 0 aliphatic carbocycles. The van der Waals surface area contributed by atoms with Crippen LogP contribution >= 0.6 is 0 Å². The summed E-state index contributed by atoms with van der Waals surface area (Å²) in [5.74, 6) is -3.05. The topological polar surface area (TPSA) is 152 Å². The maximum absolute atomic E-state index is 12.9. The Labute approximate surface area is 169 Å². The number of nitrogens with zero attached hydrogens (tertiary/aromatic N) is 1. The molecule has 1 atom stereocenters. The minimum atomic E-state index is -3.23. The third-order valence-corrected chi connectivity index (χ3v) is 3.90. The molecule has 1 heterocycles. The van der Waals surface area contributed by atoms with Crippen molar-refractivity contribution in [3.05, 3.63) is 18.2 Å². The summed E-state index contributed by atoms with van der Waals surface area (Å²) in [6.45, 7) is -1.06. The number of hydrogen-bond donors (Lipinski definition) is 4. The van der Waals surface area contributed by atoms with Crippen LogP contribution in [0.2, 0.25) is 0 Å². The van der Waals surface area contributed by atoms with Crippen LogP contribution in [-0.2, 0) is 19.1 Å². The molecule has 0 bridgehead atoms. The molecule has 5 N–H and O–H groups in total. The van der Waals surface area contributed by atoms with E-state index in [1.165, 1.54) is 17.0 Å². The van der Waals surface area contributed by atoms with Crippen LogP contribution in [0.3, 0.4) is 0 Å². The van der Waals surface area contributed by atoms with Gasteiger partial charge in [0.05, 0.1) is 12.3 Å². The Morgan fingerprint density at radius 3 is 2.67 bits per heavy atom. The highest BCUT2D eigenvalue weighted by molar-refractivity contribution is 6.12. The Bertz CT molecular complexity index is 822. The molecule has 1 aliphatic rings. The van der Waals surface area contributed by atoms with Crippen LogP contribution in [0, 0.1) is 0 Å². The summed E-state index contributed by atoms with van der Waals surface area (Å²) in [5, 5.41) is 6.62. The number of alkyl halides is 2. The number of morpholine rings is 1. The number of nitrogens with one attached hydrogen (secondary N) is 3. The Balaban J connectivity index is 2.25. The van der Waals surface area contributed by atoms with Crippen molar-refractivity contribution >= 4 is 35.1 Å². The lowest BCUT2D eigenvalue weighted by atomic mass is 10.2. The lowest BCUT2D eigenvalue weighted by Gasteiger charge is -2.27. The van der Waals surface area contributed by atoms with E-state index in [-0.39, 0.29) is 43.6 Å². The molecule has 2 rings (SSSR count). The van der Waals surface area contributed by atoms with Crippen molar-refractivity contribution < 1.29 is 37.4 Å². The van der Waals surface area contributed by atoms with E-state index < -0.39 is 36.2 Å². The monoisotopic (exact) mass is 429 g/mol. The second kappa shape index (κ2) is 10.3. The third kappa shape index (κ3) is 6.01. The molecule has 164 valence electrons. The van der Waals surface area contributed by atoms with Gasteiger partial charge in [0, 0.05) is 24.8 Å². The predicted octanol–water partition coefficient (Wildman–Crippen LogP) is -0.237. The fraction of sp³-hybridized carbons (Fsp3) is 0.412. The molecule has 0 saturated carbocycles. The molecular formula is C17H21F2N5O6. The molecule has 1 aromatic carbocycles. The van der Waals surface area contributed by atoms with Crippen molar-refractivity contribution in [2.75, 3.05) is 36.5 Å². The number of carbonyl (C=O) groups excluding carboxylic acids is 4. The first kappa shape index (κ1) is 22.8. The third-order valence-electron chi connectivity index (χ3n) is 3.90. The number of hydrogen-bond acceptors (Lipinski definition) is 6. The van der Waals surface area contributed by atoms with Gasteiger partial charge in [0.25, 0.3) is 11.8 Å². The molecule has 0 aromatic heterocycles. The molecule has 1 saturated heterocycles. The van der Waals surface area contributed by atoms with Crippen LogP contribution in [0.5, 0.6) is 5.75 Å². The van der Waals surface area contributed by atoms with Gasteiger partial charge in [0.15, 0.2) is 11.8 Å². The van der Waals surface area contributed by atoms with Crippen LogP contribution in [0.1, 0.15) is 6.92 Å². The molecule has 0 spiro atoms. The molecular weight excluding hydrogens is 408 g/mol. The minimum absolute atomic E-state index is 0.157. The van der Waals surface area contributed by atoms with Gasteiger partial charge < -0.3 is 36.1 Å². The maximum atomic E-state index is 12.9. The number of rotatable bonds is 8. The zero-order valence-electron chi connectivity index (χ0n) is 15.9. The van der Waals surface area contributed by atoms with Crippen LogP contribution in [0.25, 0.3) is 0 Å². The lowest BCUT2D eigenvalue weighted by molar-refractivity contribution is -0.128. The summed E-state index contributed by atoms with van der Waals surface area (Å²) >= 11 is 0. The minimum Gasteiger partial charge on any atom is -0.433 e. The standard InChI is InChI=1S/C17H21F2N5O6/c1-2-21-17(28)23-13(14(20)26)15(27)22-10-4-3-9(7-11(10)30-16(18)19)24-5-6-29-8-12(24)25/h3-4,7,13,16H,2,5-6,8H2,1H3,(H2,20,26)(H,22,27)(H2,21,23,28)/t13-/m0/s1. The molecule has 0 radical (unpaired) electrons. The van der Waals surface area contributed by atoms with Gasteiger partial charge in [-0.3, -0.25) is 14.4 Å². The molecule has 0 unspecified atom stereocenters. The van der Waals surface area contributed by atoms with E-state index in [1.807, 2.05) is 0 Å². The smallest absolute Gasteiger partial charge is 0.387 e. The van der Waals surface area contributed by atoms with Gasteiger partial charge >= 0.3 is 12.6 Å². The SMILES string of the molecule is CCNC(=O)N[C@@H](C(N)=O)C(=O)Nc1ccc(N2CCOCC2=O)cc1OC(F)F. The van der Waals surface area contributed by atoms with Crippen molar-refractivity contribution in [2.24, 2.45) is 5.73 Å². The molecule has 30 heavy (non-hydrogen) atoms. The largest absolute Gasteiger partial charge is 0.433 e. The number of halogens is 2. The summed E-state index contributed by atoms with van der Waals surface area (Å²) < 4.78 is 35.2. The highest BCUT2D eigenvalue weighted by atomic mass is 19.3.